The third-order valence-corrected chi connectivity index (χ3v) is 1.22. The van der Waals surface area contributed by atoms with Crippen molar-refractivity contribution >= 4 is 35.8 Å². The second-order valence-electron chi connectivity index (χ2n) is 1.39. The minimum atomic E-state index is 0. The number of rotatable bonds is 4. The van der Waals surface area contributed by atoms with Crippen LogP contribution < -0.4 is 0 Å². The first kappa shape index (κ1) is 12.0. The Morgan fingerprint density at radius 1 is 1.38 bits per heavy atom. The van der Waals surface area contributed by atoms with E-state index < -0.39 is 0 Å². The predicted octanol–water partition coefficient (Wildman–Crippen LogP) is 0.672. The molecule has 0 saturated heterocycles. The maximum atomic E-state index is 9.67. The van der Waals surface area contributed by atoms with E-state index in [0.717, 1.165) is 24.3 Å². The van der Waals surface area contributed by atoms with Crippen molar-refractivity contribution in [1.29, 1.82) is 0 Å². The van der Waals surface area contributed by atoms with Crippen molar-refractivity contribution < 1.29 is 22.2 Å². The quantitative estimate of drug-likeness (QED) is 0.335. The molecule has 0 aromatic rings. The summed E-state index contributed by atoms with van der Waals surface area (Å²) >= 11 is 2.51. The van der Waals surface area contributed by atoms with Gasteiger partial charge in [-0.1, -0.05) is 0 Å². The molecule has 0 aliphatic heterocycles. The average Bonchev–Trinajstić information content (AvgIpc) is 1.69. The van der Waals surface area contributed by atoms with Crippen LogP contribution in [0.3, 0.4) is 0 Å². The fraction of sp³-hybridized carbons (Fsp3) is 0.800. The molecular formula is C5H10NaOV. The topological polar surface area (TPSA) is 17.1 Å². The summed E-state index contributed by atoms with van der Waals surface area (Å²) in [5.41, 5.74) is 0. The van der Waals surface area contributed by atoms with Gasteiger partial charge < -0.3 is 0 Å². The summed E-state index contributed by atoms with van der Waals surface area (Å²) in [5.74, 6) is 0. The van der Waals surface area contributed by atoms with Gasteiger partial charge in [0.1, 0.15) is 0 Å². The molecule has 0 rings (SSSR count). The van der Waals surface area contributed by atoms with Crippen LogP contribution in [-0.2, 0) is 22.2 Å². The van der Waals surface area contributed by atoms with Crippen molar-refractivity contribution in [2.75, 3.05) is 0 Å². The molecule has 0 aromatic carbocycles. The molecule has 0 atom stereocenters. The number of aldehydes is 1. The Morgan fingerprint density at radius 2 is 2.00 bits per heavy atom. The van der Waals surface area contributed by atoms with Crippen molar-refractivity contribution in [3.63, 3.8) is 0 Å². The first-order chi connectivity index (χ1) is 3.41. The molecule has 0 spiro atoms. The van der Waals surface area contributed by atoms with E-state index in [1.807, 2.05) is 0 Å². The molecule has 0 aliphatic carbocycles. The summed E-state index contributed by atoms with van der Waals surface area (Å²) in [7, 11) is 0. The third kappa shape index (κ3) is 10.3. The van der Waals surface area contributed by atoms with E-state index in [2.05, 4.69) is 17.4 Å². The normalized spacial score (nSPS) is 7.50. The SMILES string of the molecule is O=CCCC[CH2][V].[NaH]. The molecule has 0 unspecified atom stereocenters. The Balaban J connectivity index is 0. The number of hydrogen-bond acceptors (Lipinski definition) is 1. The Kier molecular flexibility index (Phi) is 16.6. The molecule has 0 saturated carbocycles. The number of carbonyl (C=O) groups excluding carboxylic acids is 1. The molecule has 0 amide bonds. The summed E-state index contributed by atoms with van der Waals surface area (Å²) < 4.78 is 0. The van der Waals surface area contributed by atoms with Gasteiger partial charge in [0.05, 0.1) is 0 Å². The molecule has 0 radical (unpaired) electrons. The van der Waals surface area contributed by atoms with E-state index >= 15 is 0 Å². The Hall–Kier alpha value is 1.25. The van der Waals surface area contributed by atoms with Gasteiger partial charge in [0.15, 0.2) is 0 Å². The van der Waals surface area contributed by atoms with E-state index in [1.54, 1.807) is 0 Å². The van der Waals surface area contributed by atoms with Crippen LogP contribution in [0.25, 0.3) is 0 Å². The number of hydrogen-bond donors (Lipinski definition) is 0. The molecule has 0 aliphatic rings. The van der Waals surface area contributed by atoms with Crippen LogP contribution in [0.4, 0.5) is 0 Å². The van der Waals surface area contributed by atoms with Gasteiger partial charge in [-0.3, -0.25) is 0 Å². The van der Waals surface area contributed by atoms with Crippen LogP contribution in [0.5, 0.6) is 0 Å². The van der Waals surface area contributed by atoms with Gasteiger partial charge in [0.2, 0.25) is 0 Å². The molecule has 3 heteroatoms. The number of unbranched alkanes of at least 4 members (excludes halogenated alkanes) is 2. The van der Waals surface area contributed by atoms with Crippen molar-refractivity contribution in [3.05, 3.63) is 0 Å². The molecule has 42 valence electrons. The molecule has 0 fully saturated rings. The fourth-order valence-electron chi connectivity index (χ4n) is 0.339. The molecule has 8 heavy (non-hydrogen) atoms. The van der Waals surface area contributed by atoms with E-state index in [1.165, 1.54) is 6.42 Å². The van der Waals surface area contributed by atoms with Crippen LogP contribution >= 0.6 is 0 Å². The van der Waals surface area contributed by atoms with Crippen LogP contribution in [0.15, 0.2) is 0 Å². The first-order valence-electron chi connectivity index (χ1n) is 2.46. The van der Waals surface area contributed by atoms with E-state index in [9.17, 15) is 4.79 Å². The van der Waals surface area contributed by atoms with Gasteiger partial charge in [0, 0.05) is 0 Å². The minimum absolute atomic E-state index is 0. The molecule has 0 aromatic heterocycles. The average molecular weight is 160 g/mol. The zero-order valence-corrected chi connectivity index (χ0v) is 5.66. The predicted molar refractivity (Wildman–Crippen MR) is 31.9 cm³/mol. The van der Waals surface area contributed by atoms with E-state index in [0.29, 0.717) is 0 Å². The molecule has 0 N–H and O–H groups in total. The van der Waals surface area contributed by atoms with Gasteiger partial charge >= 0.3 is 82.5 Å². The van der Waals surface area contributed by atoms with Gasteiger partial charge in [-0.15, -0.1) is 0 Å². The summed E-state index contributed by atoms with van der Waals surface area (Å²) in [6.45, 7) is 0. The van der Waals surface area contributed by atoms with Crippen molar-refractivity contribution in [2.45, 2.75) is 24.4 Å². The van der Waals surface area contributed by atoms with Gasteiger partial charge in [-0.2, -0.15) is 0 Å². The Morgan fingerprint density at radius 3 is 2.38 bits per heavy atom. The maximum absolute atomic E-state index is 9.67. The standard InChI is InChI=1S/C5H9O.Na.V.H/c1-2-3-4-5-6;;;/h5H,1-4H2;;;. The summed E-state index contributed by atoms with van der Waals surface area (Å²) in [5, 5.41) is 1.14. The van der Waals surface area contributed by atoms with Gasteiger partial charge in [-0.25, -0.2) is 0 Å². The molecule has 0 heterocycles. The monoisotopic (exact) mass is 160 g/mol. The summed E-state index contributed by atoms with van der Waals surface area (Å²) in [6.07, 6.45) is 3.93. The van der Waals surface area contributed by atoms with Crippen molar-refractivity contribution in [3.8, 4) is 0 Å². The summed E-state index contributed by atoms with van der Waals surface area (Å²) in [6, 6.07) is 0. The fourth-order valence-corrected chi connectivity index (χ4v) is 0.689. The second kappa shape index (κ2) is 11.1. The van der Waals surface area contributed by atoms with Crippen LogP contribution in [0, 0.1) is 0 Å². The van der Waals surface area contributed by atoms with Crippen molar-refractivity contribution in [2.24, 2.45) is 0 Å². The van der Waals surface area contributed by atoms with E-state index in [-0.39, 0.29) is 29.6 Å². The van der Waals surface area contributed by atoms with Crippen molar-refractivity contribution in [1.82, 2.24) is 0 Å². The Bertz CT molecular complexity index is 49.7. The first-order valence-corrected chi connectivity index (χ1v) is 3.45. The zero-order chi connectivity index (χ0) is 5.54. The van der Waals surface area contributed by atoms with Crippen LogP contribution in [-0.4, -0.2) is 35.8 Å². The second-order valence-corrected chi connectivity index (χ2v) is 2.08. The van der Waals surface area contributed by atoms with E-state index in [4.69, 9.17) is 0 Å². The third-order valence-electron chi connectivity index (χ3n) is 0.730. The zero-order valence-electron chi connectivity index (χ0n) is 4.26. The van der Waals surface area contributed by atoms with Crippen LogP contribution in [0.1, 0.15) is 19.3 Å². The molecular weight excluding hydrogens is 150 g/mol. The van der Waals surface area contributed by atoms with Crippen LogP contribution in [0.2, 0.25) is 5.13 Å². The molecule has 0 bridgehead atoms. The van der Waals surface area contributed by atoms with Gasteiger partial charge in [-0.05, 0) is 0 Å². The molecule has 1 nitrogen and oxygen atoms in total. The Labute approximate surface area is 81.9 Å². The number of carbonyl (C=O) groups is 1. The summed E-state index contributed by atoms with van der Waals surface area (Å²) in [4.78, 5) is 9.67. The van der Waals surface area contributed by atoms with Gasteiger partial charge in [0.25, 0.3) is 0 Å².